The van der Waals surface area contributed by atoms with Crippen molar-refractivity contribution >= 4 is 15.7 Å². The molecule has 1 aromatic heterocycles. The van der Waals surface area contributed by atoms with Gasteiger partial charge >= 0.3 is 0 Å². The summed E-state index contributed by atoms with van der Waals surface area (Å²) in [5, 5.41) is 2.82. The van der Waals surface area contributed by atoms with Crippen LogP contribution < -0.4 is 10.1 Å². The van der Waals surface area contributed by atoms with Crippen molar-refractivity contribution in [3.8, 4) is 17.6 Å². The first kappa shape index (κ1) is 22.1. The predicted molar refractivity (Wildman–Crippen MR) is 119 cm³/mol. The molecule has 0 aliphatic rings. The smallest absolute Gasteiger partial charge is 0.251 e. The summed E-state index contributed by atoms with van der Waals surface area (Å²) in [6, 6.07) is 17.4. The second kappa shape index (κ2) is 9.92. The van der Waals surface area contributed by atoms with Crippen molar-refractivity contribution in [3.63, 3.8) is 0 Å². The highest BCUT2D eigenvalue weighted by atomic mass is 32.2. The molecule has 158 valence electrons. The highest BCUT2D eigenvalue weighted by Crippen LogP contribution is 2.13. The number of nitrogens with zero attached hydrogens (tertiary/aromatic N) is 1. The molecule has 0 saturated heterocycles. The maximum atomic E-state index is 12.5. The largest absolute Gasteiger partial charge is 0.497 e. The maximum Gasteiger partial charge on any atom is 0.251 e. The van der Waals surface area contributed by atoms with E-state index in [9.17, 15) is 13.2 Å². The minimum absolute atomic E-state index is 0.244. The van der Waals surface area contributed by atoms with Gasteiger partial charge in [0.25, 0.3) is 5.91 Å². The van der Waals surface area contributed by atoms with Crippen LogP contribution in [0.5, 0.6) is 5.75 Å². The predicted octanol–water partition coefficient (Wildman–Crippen LogP) is 3.02. The van der Waals surface area contributed by atoms with E-state index in [1.807, 2.05) is 24.3 Å². The topological polar surface area (TPSA) is 85.4 Å². The number of hydrogen-bond acceptors (Lipinski definition) is 5. The van der Waals surface area contributed by atoms with Gasteiger partial charge in [-0.2, -0.15) is 0 Å². The fourth-order valence-electron chi connectivity index (χ4n) is 2.80. The fourth-order valence-corrected chi connectivity index (χ4v) is 3.43. The standard InChI is InChI=1S/C24H22N2O4S/c1-30-22-8-4-6-18(15-22)5-3-7-21-16-20(13-14-25-21)24(27)26-17-19-9-11-23(12-10-19)31(2,28)29/h4,6,8-16H,5,17H2,1-2H3,(H,26,27). The summed E-state index contributed by atoms with van der Waals surface area (Å²) >= 11 is 0. The van der Waals surface area contributed by atoms with E-state index in [-0.39, 0.29) is 17.3 Å². The molecule has 3 aromatic rings. The molecule has 0 spiro atoms. The van der Waals surface area contributed by atoms with Gasteiger partial charge in [-0.15, -0.1) is 0 Å². The van der Waals surface area contributed by atoms with Crippen molar-refractivity contribution in [2.24, 2.45) is 0 Å². The summed E-state index contributed by atoms with van der Waals surface area (Å²) in [6.45, 7) is 0.280. The Hall–Kier alpha value is -3.63. The summed E-state index contributed by atoms with van der Waals surface area (Å²) in [6.07, 6.45) is 3.24. The Morgan fingerprint density at radius 3 is 2.55 bits per heavy atom. The lowest BCUT2D eigenvalue weighted by Crippen LogP contribution is -2.23. The van der Waals surface area contributed by atoms with E-state index in [4.69, 9.17) is 4.74 Å². The van der Waals surface area contributed by atoms with Crippen molar-refractivity contribution in [1.29, 1.82) is 0 Å². The van der Waals surface area contributed by atoms with Crippen LogP contribution in [0.1, 0.15) is 27.2 Å². The molecular formula is C24H22N2O4S. The Bertz CT molecular complexity index is 1240. The van der Waals surface area contributed by atoms with Crippen LogP contribution in [0.3, 0.4) is 0 Å². The van der Waals surface area contributed by atoms with E-state index in [1.54, 1.807) is 37.6 Å². The third-order valence-electron chi connectivity index (χ3n) is 4.47. The zero-order valence-corrected chi connectivity index (χ0v) is 18.1. The molecule has 3 rings (SSSR count). The fraction of sp³-hybridized carbons (Fsp3) is 0.167. The summed E-state index contributed by atoms with van der Waals surface area (Å²) in [7, 11) is -1.62. The van der Waals surface area contributed by atoms with Crippen molar-refractivity contribution in [2.75, 3.05) is 13.4 Å². The Balaban J connectivity index is 1.61. The van der Waals surface area contributed by atoms with Crippen LogP contribution in [-0.4, -0.2) is 32.7 Å². The summed E-state index contributed by atoms with van der Waals surface area (Å²) < 4.78 is 28.2. The number of amides is 1. The van der Waals surface area contributed by atoms with Gasteiger partial charge in [0.15, 0.2) is 9.84 Å². The molecule has 0 aliphatic heterocycles. The van der Waals surface area contributed by atoms with Gasteiger partial charge in [-0.25, -0.2) is 13.4 Å². The van der Waals surface area contributed by atoms with Gasteiger partial charge in [0.2, 0.25) is 0 Å². The average molecular weight is 435 g/mol. The van der Waals surface area contributed by atoms with Gasteiger partial charge in [-0.05, 0) is 53.4 Å². The highest BCUT2D eigenvalue weighted by molar-refractivity contribution is 7.90. The highest BCUT2D eigenvalue weighted by Gasteiger charge is 2.08. The van der Waals surface area contributed by atoms with Crippen molar-refractivity contribution in [1.82, 2.24) is 10.3 Å². The number of rotatable bonds is 6. The first-order chi connectivity index (χ1) is 14.8. The van der Waals surface area contributed by atoms with Crippen LogP contribution in [0.25, 0.3) is 0 Å². The molecular weight excluding hydrogens is 412 g/mol. The molecule has 1 amide bonds. The lowest BCUT2D eigenvalue weighted by Gasteiger charge is -2.06. The van der Waals surface area contributed by atoms with E-state index >= 15 is 0 Å². The Kier molecular flexibility index (Phi) is 7.06. The Labute approximate surface area is 182 Å². The molecule has 0 saturated carbocycles. The quantitative estimate of drug-likeness (QED) is 0.603. The van der Waals surface area contributed by atoms with Crippen molar-refractivity contribution in [2.45, 2.75) is 17.9 Å². The molecule has 0 atom stereocenters. The first-order valence-electron chi connectivity index (χ1n) is 9.50. The zero-order chi connectivity index (χ0) is 22.3. The lowest BCUT2D eigenvalue weighted by atomic mass is 10.1. The van der Waals surface area contributed by atoms with E-state index in [0.29, 0.717) is 17.7 Å². The number of methoxy groups -OCH3 is 1. The summed E-state index contributed by atoms with van der Waals surface area (Å²) in [4.78, 5) is 16.9. The van der Waals surface area contributed by atoms with Gasteiger partial charge in [0.05, 0.1) is 12.0 Å². The molecule has 0 bridgehead atoms. The van der Waals surface area contributed by atoms with E-state index in [0.717, 1.165) is 23.1 Å². The van der Waals surface area contributed by atoms with Gasteiger partial charge in [-0.1, -0.05) is 30.2 Å². The number of carbonyl (C=O) groups excluding carboxylic acids is 1. The third kappa shape index (κ3) is 6.43. The van der Waals surface area contributed by atoms with Crippen LogP contribution >= 0.6 is 0 Å². The number of benzene rings is 2. The van der Waals surface area contributed by atoms with Crippen molar-refractivity contribution < 1.29 is 17.9 Å². The molecule has 31 heavy (non-hydrogen) atoms. The average Bonchev–Trinajstić information content (AvgIpc) is 2.77. The van der Waals surface area contributed by atoms with Crippen molar-refractivity contribution in [3.05, 3.63) is 89.2 Å². The minimum atomic E-state index is -3.24. The summed E-state index contributed by atoms with van der Waals surface area (Å²) in [5.74, 6) is 6.56. The van der Waals surface area contributed by atoms with Gasteiger partial charge in [0.1, 0.15) is 11.4 Å². The number of ether oxygens (including phenoxy) is 1. The lowest BCUT2D eigenvalue weighted by molar-refractivity contribution is 0.0950. The van der Waals surface area contributed by atoms with E-state index in [2.05, 4.69) is 22.1 Å². The monoisotopic (exact) mass is 434 g/mol. The van der Waals surface area contributed by atoms with Gasteiger partial charge < -0.3 is 10.1 Å². The van der Waals surface area contributed by atoms with E-state index < -0.39 is 9.84 Å². The number of hydrogen-bond donors (Lipinski definition) is 1. The zero-order valence-electron chi connectivity index (χ0n) is 17.3. The van der Waals surface area contributed by atoms with Gasteiger partial charge in [0, 0.05) is 31.0 Å². The second-order valence-electron chi connectivity index (χ2n) is 6.86. The SMILES string of the molecule is COc1cccc(CC#Cc2cc(C(=O)NCc3ccc(S(C)(=O)=O)cc3)ccn2)c1. The maximum absolute atomic E-state index is 12.5. The van der Waals surface area contributed by atoms with Crippen LogP contribution in [0.15, 0.2) is 71.8 Å². The summed E-state index contributed by atoms with van der Waals surface area (Å²) in [5.41, 5.74) is 2.79. The minimum Gasteiger partial charge on any atom is -0.497 e. The second-order valence-corrected chi connectivity index (χ2v) is 8.87. The molecule has 0 unspecified atom stereocenters. The molecule has 0 aliphatic carbocycles. The molecule has 7 heteroatoms. The number of pyridine rings is 1. The van der Waals surface area contributed by atoms with E-state index in [1.165, 1.54) is 12.1 Å². The van der Waals surface area contributed by atoms with Crippen LogP contribution in [0, 0.1) is 11.8 Å². The molecule has 6 nitrogen and oxygen atoms in total. The normalized spacial score (nSPS) is 10.6. The Morgan fingerprint density at radius 2 is 1.84 bits per heavy atom. The molecule has 0 fully saturated rings. The number of nitrogens with one attached hydrogen (secondary N) is 1. The number of carbonyl (C=O) groups is 1. The molecule has 2 aromatic carbocycles. The van der Waals surface area contributed by atoms with Gasteiger partial charge in [-0.3, -0.25) is 4.79 Å². The molecule has 1 N–H and O–H groups in total. The molecule has 0 radical (unpaired) electrons. The molecule has 1 heterocycles. The first-order valence-corrected chi connectivity index (χ1v) is 11.4. The van der Waals surface area contributed by atoms with Crippen LogP contribution in [-0.2, 0) is 22.8 Å². The number of sulfone groups is 1. The van der Waals surface area contributed by atoms with Crippen LogP contribution in [0.2, 0.25) is 0 Å². The Morgan fingerprint density at radius 1 is 1.06 bits per heavy atom. The third-order valence-corrected chi connectivity index (χ3v) is 5.60. The number of aromatic nitrogens is 1. The van der Waals surface area contributed by atoms with Crippen LogP contribution in [0.4, 0.5) is 0 Å².